The summed E-state index contributed by atoms with van der Waals surface area (Å²) in [5, 5.41) is -0.486. The van der Waals surface area contributed by atoms with Crippen molar-refractivity contribution in [1.29, 1.82) is 0 Å². The molecule has 1 N–H and O–H groups in total. The van der Waals surface area contributed by atoms with E-state index in [9.17, 15) is 39.9 Å². The first kappa shape index (κ1) is 12.9. The summed E-state index contributed by atoms with van der Waals surface area (Å²) in [4.78, 5) is 9.71. The number of alkyl halides is 8. The van der Waals surface area contributed by atoms with Gasteiger partial charge in [0.05, 0.1) is 0 Å². The Morgan fingerprint density at radius 1 is 0.857 bits per heavy atom. The number of carbonyl (C=O) groups is 1. The molecule has 0 aromatic carbocycles. The summed E-state index contributed by atoms with van der Waals surface area (Å²) >= 11 is 0. The maximum atomic E-state index is 11.8. The smallest absolute Gasteiger partial charge is 0.282 e. The van der Waals surface area contributed by atoms with Gasteiger partial charge >= 0.3 is 24.3 Å². The third-order valence-electron chi connectivity index (χ3n) is 0.884. The molecule has 2 nitrogen and oxygen atoms in total. The standard InChI is InChI=1S/C4HF8NO/c5-2(6,7)1(14)13-4(11,12)3(8,9)10/h(H,13,14). The van der Waals surface area contributed by atoms with E-state index in [2.05, 4.69) is 0 Å². The number of nitrogens with one attached hydrogen (secondary N) is 1. The minimum atomic E-state index is -6.27. The topological polar surface area (TPSA) is 29.1 Å². The minimum absolute atomic E-state index is 0.486. The molecule has 0 aromatic heterocycles. The van der Waals surface area contributed by atoms with Crippen molar-refractivity contribution in [1.82, 2.24) is 5.32 Å². The highest BCUT2D eigenvalue weighted by molar-refractivity contribution is 5.82. The second kappa shape index (κ2) is 3.24. The van der Waals surface area contributed by atoms with Crippen LogP contribution in [0.5, 0.6) is 0 Å². The molecule has 0 atom stereocenters. The van der Waals surface area contributed by atoms with E-state index in [-0.39, 0.29) is 0 Å². The molecule has 0 spiro atoms. The molecular formula is C4HF8NO. The van der Waals surface area contributed by atoms with Gasteiger partial charge in [-0.15, -0.1) is 0 Å². The van der Waals surface area contributed by atoms with Crippen molar-refractivity contribution < 1.29 is 39.9 Å². The third kappa shape index (κ3) is 3.00. The van der Waals surface area contributed by atoms with Gasteiger partial charge in [0, 0.05) is 0 Å². The average Bonchev–Trinajstić information content (AvgIpc) is 1.80. The number of hydrogen-bond acceptors (Lipinski definition) is 1. The largest absolute Gasteiger partial charge is 0.475 e. The molecule has 10 heteroatoms. The van der Waals surface area contributed by atoms with Crippen LogP contribution in [-0.2, 0) is 4.79 Å². The van der Waals surface area contributed by atoms with Gasteiger partial charge < -0.3 is 0 Å². The second-order valence-electron chi connectivity index (χ2n) is 2.02. The number of hydrogen-bond donors (Lipinski definition) is 1. The normalized spacial score (nSPS) is 14.0. The van der Waals surface area contributed by atoms with Crippen molar-refractivity contribution in [3.8, 4) is 0 Å². The SMILES string of the molecule is O=C(NC(F)(F)C(F)(F)F)C(F)(F)F. The van der Waals surface area contributed by atoms with Crippen LogP contribution >= 0.6 is 0 Å². The van der Waals surface area contributed by atoms with E-state index < -0.39 is 29.6 Å². The number of rotatable bonds is 1. The molecule has 0 aromatic rings. The molecule has 0 aliphatic rings. The lowest BCUT2D eigenvalue weighted by Crippen LogP contribution is -2.55. The molecule has 0 heterocycles. The Morgan fingerprint density at radius 3 is 1.43 bits per heavy atom. The van der Waals surface area contributed by atoms with Crippen molar-refractivity contribution >= 4 is 5.91 Å². The van der Waals surface area contributed by atoms with E-state index in [0.29, 0.717) is 0 Å². The van der Waals surface area contributed by atoms with Gasteiger partial charge in [-0.05, 0) is 0 Å². The van der Waals surface area contributed by atoms with Crippen LogP contribution in [0.15, 0.2) is 0 Å². The molecule has 1 amide bonds. The Hall–Kier alpha value is -1.09. The summed E-state index contributed by atoms with van der Waals surface area (Å²) in [5.41, 5.74) is 0. The van der Waals surface area contributed by atoms with Gasteiger partial charge in [0.1, 0.15) is 0 Å². The van der Waals surface area contributed by atoms with Crippen LogP contribution < -0.4 is 5.32 Å². The van der Waals surface area contributed by atoms with Crippen LogP contribution in [-0.4, -0.2) is 24.3 Å². The van der Waals surface area contributed by atoms with Gasteiger partial charge in [-0.25, -0.2) is 0 Å². The van der Waals surface area contributed by atoms with E-state index >= 15 is 0 Å². The summed E-state index contributed by atoms with van der Waals surface area (Å²) < 4.78 is 91.0. The monoisotopic (exact) mass is 231 g/mol. The van der Waals surface area contributed by atoms with Crippen molar-refractivity contribution in [2.75, 3.05) is 0 Å². The predicted molar refractivity (Wildman–Crippen MR) is 25.2 cm³/mol. The Balaban J connectivity index is 4.62. The number of halogens is 8. The quantitative estimate of drug-likeness (QED) is 0.541. The van der Waals surface area contributed by atoms with Gasteiger partial charge in [-0.1, -0.05) is 0 Å². The molecule has 0 aliphatic carbocycles. The van der Waals surface area contributed by atoms with Crippen molar-refractivity contribution in [2.24, 2.45) is 0 Å². The van der Waals surface area contributed by atoms with E-state index in [1.165, 1.54) is 0 Å². The summed E-state index contributed by atoms with van der Waals surface area (Å²) in [6.07, 6.45) is -12.1. The summed E-state index contributed by atoms with van der Waals surface area (Å²) in [6, 6.07) is -5.90. The lowest BCUT2D eigenvalue weighted by atomic mass is 10.5. The molecule has 84 valence electrons. The molecule has 0 saturated heterocycles. The Bertz CT molecular complexity index is 226. The average molecular weight is 231 g/mol. The lowest BCUT2D eigenvalue weighted by molar-refractivity contribution is -0.296. The highest BCUT2D eigenvalue weighted by atomic mass is 19.4. The fourth-order valence-corrected chi connectivity index (χ4v) is 0.284. The first-order valence-corrected chi connectivity index (χ1v) is 2.72. The van der Waals surface area contributed by atoms with Crippen LogP contribution in [0.1, 0.15) is 0 Å². The zero-order chi connectivity index (χ0) is 11.8. The molecular weight excluding hydrogens is 230 g/mol. The molecule has 0 bridgehead atoms. The van der Waals surface area contributed by atoms with E-state index in [0.717, 1.165) is 0 Å². The summed E-state index contributed by atoms with van der Waals surface area (Å²) in [5.74, 6) is -3.36. The number of carbonyl (C=O) groups excluding carboxylic acids is 1. The zero-order valence-electron chi connectivity index (χ0n) is 5.93. The molecule has 0 fully saturated rings. The Labute approximate surface area is 70.9 Å². The van der Waals surface area contributed by atoms with Gasteiger partial charge in [0.25, 0.3) is 0 Å². The Morgan fingerprint density at radius 2 is 1.21 bits per heavy atom. The summed E-state index contributed by atoms with van der Waals surface area (Å²) in [6.45, 7) is 0. The maximum Gasteiger partial charge on any atom is 0.475 e. The third-order valence-corrected chi connectivity index (χ3v) is 0.884. The molecule has 0 unspecified atom stereocenters. The molecule has 0 saturated carbocycles. The van der Waals surface area contributed by atoms with E-state index in [4.69, 9.17) is 0 Å². The van der Waals surface area contributed by atoms with Crippen LogP contribution in [0, 0.1) is 0 Å². The Kier molecular flexibility index (Phi) is 2.99. The molecule has 0 radical (unpaired) electrons. The zero-order valence-corrected chi connectivity index (χ0v) is 5.93. The van der Waals surface area contributed by atoms with Crippen LogP contribution in [0.25, 0.3) is 0 Å². The highest BCUT2D eigenvalue weighted by Gasteiger charge is 2.61. The van der Waals surface area contributed by atoms with E-state index in [1.807, 2.05) is 0 Å². The molecule has 14 heavy (non-hydrogen) atoms. The highest BCUT2D eigenvalue weighted by Crippen LogP contribution is 2.33. The minimum Gasteiger partial charge on any atom is -0.282 e. The summed E-state index contributed by atoms with van der Waals surface area (Å²) in [7, 11) is 0. The fraction of sp³-hybridized carbons (Fsp3) is 0.750. The van der Waals surface area contributed by atoms with Gasteiger partial charge in [-0.2, -0.15) is 35.1 Å². The van der Waals surface area contributed by atoms with Crippen LogP contribution in [0.4, 0.5) is 35.1 Å². The first-order chi connectivity index (χ1) is 5.88. The van der Waals surface area contributed by atoms with Gasteiger partial charge in [-0.3, -0.25) is 10.1 Å². The van der Waals surface area contributed by atoms with Crippen molar-refractivity contribution in [3.05, 3.63) is 0 Å². The van der Waals surface area contributed by atoms with Gasteiger partial charge in [0.15, 0.2) is 0 Å². The predicted octanol–water partition coefficient (Wildman–Crippen LogP) is 1.82. The molecule has 0 aliphatic heterocycles. The van der Waals surface area contributed by atoms with Crippen LogP contribution in [0.2, 0.25) is 0 Å². The fourth-order valence-electron chi connectivity index (χ4n) is 0.284. The van der Waals surface area contributed by atoms with Crippen molar-refractivity contribution in [3.63, 3.8) is 0 Å². The lowest BCUT2D eigenvalue weighted by Gasteiger charge is -2.20. The number of amides is 1. The van der Waals surface area contributed by atoms with Crippen LogP contribution in [0.3, 0.4) is 0 Å². The first-order valence-electron chi connectivity index (χ1n) is 2.72. The molecule has 0 rings (SSSR count). The van der Waals surface area contributed by atoms with Crippen molar-refractivity contribution in [2.45, 2.75) is 18.4 Å². The van der Waals surface area contributed by atoms with E-state index in [1.54, 1.807) is 0 Å². The van der Waals surface area contributed by atoms with Gasteiger partial charge in [0.2, 0.25) is 0 Å². The maximum absolute atomic E-state index is 11.8. The second-order valence-corrected chi connectivity index (χ2v) is 2.02.